The number of benzene rings is 2. The minimum Gasteiger partial charge on any atom is -0.379 e. The molecule has 1 heterocycles. The normalized spacial score (nSPS) is 16.4. The van der Waals surface area contributed by atoms with E-state index in [9.17, 15) is 22.4 Å². The summed E-state index contributed by atoms with van der Waals surface area (Å²) in [5.74, 6) is -1.10. The highest BCUT2D eigenvalue weighted by atomic mass is 32.2. The first-order valence-electron chi connectivity index (χ1n) is 10.9. The van der Waals surface area contributed by atoms with Gasteiger partial charge in [-0.3, -0.25) is 14.5 Å². The number of carbonyl (C=O) groups excluding carboxylic acids is 2. The Morgan fingerprint density at radius 1 is 1.06 bits per heavy atom. The Kier molecular flexibility index (Phi) is 8.72. The minimum atomic E-state index is -3.96. The average molecular weight is 493 g/mol. The number of hydrogen-bond donors (Lipinski definition) is 3. The number of rotatable bonds is 9. The zero-order valence-corrected chi connectivity index (χ0v) is 19.9. The molecule has 0 bridgehead atoms. The summed E-state index contributed by atoms with van der Waals surface area (Å²) in [7, 11) is -3.96. The summed E-state index contributed by atoms with van der Waals surface area (Å²) in [6, 6.07) is 10.5. The first kappa shape index (κ1) is 25.8. The molecule has 11 heteroatoms. The number of anilines is 1. The molecular weight excluding hydrogens is 463 g/mol. The van der Waals surface area contributed by atoms with Crippen LogP contribution in [-0.4, -0.2) is 64.0 Å². The van der Waals surface area contributed by atoms with Gasteiger partial charge in [0.1, 0.15) is 5.82 Å². The van der Waals surface area contributed by atoms with Crippen molar-refractivity contribution in [1.82, 2.24) is 14.9 Å². The highest BCUT2D eigenvalue weighted by molar-refractivity contribution is 7.89. The number of ether oxygens (including phenoxy) is 1. The summed E-state index contributed by atoms with van der Waals surface area (Å²) < 4.78 is 46.5. The molecule has 1 unspecified atom stereocenters. The molecule has 184 valence electrons. The molecule has 0 aliphatic carbocycles. The fourth-order valence-electron chi connectivity index (χ4n) is 3.66. The smallest absolute Gasteiger partial charge is 0.241 e. The molecule has 3 N–H and O–H groups in total. The van der Waals surface area contributed by atoms with Crippen molar-refractivity contribution in [2.24, 2.45) is 0 Å². The molecule has 3 rings (SSSR count). The van der Waals surface area contributed by atoms with Crippen molar-refractivity contribution < 1.29 is 27.1 Å². The lowest BCUT2D eigenvalue weighted by atomic mass is 10.0. The van der Waals surface area contributed by atoms with E-state index in [0.717, 1.165) is 5.56 Å². The molecule has 2 aromatic rings. The molecule has 0 radical (unpaired) electrons. The quantitative estimate of drug-likeness (QED) is 0.490. The van der Waals surface area contributed by atoms with Crippen LogP contribution in [0.4, 0.5) is 10.1 Å². The van der Waals surface area contributed by atoms with E-state index in [4.69, 9.17) is 4.74 Å². The van der Waals surface area contributed by atoms with E-state index >= 15 is 0 Å². The maximum Gasteiger partial charge on any atom is 0.241 e. The molecule has 0 saturated carbocycles. The molecule has 1 aliphatic heterocycles. The lowest BCUT2D eigenvalue weighted by Crippen LogP contribution is -2.48. The SMILES string of the molecule is CC(=O)Nc1ccc(S(=O)(=O)N[C@@H](C)C(=O)NCC(c2ccc(F)cc2)N2CCOCC2)cc1. The summed E-state index contributed by atoms with van der Waals surface area (Å²) >= 11 is 0. The Morgan fingerprint density at radius 3 is 2.26 bits per heavy atom. The Balaban J connectivity index is 1.63. The van der Waals surface area contributed by atoms with Crippen molar-refractivity contribution in [3.05, 3.63) is 59.9 Å². The molecule has 0 spiro atoms. The van der Waals surface area contributed by atoms with Crippen molar-refractivity contribution >= 4 is 27.5 Å². The number of amides is 2. The van der Waals surface area contributed by atoms with Gasteiger partial charge < -0.3 is 15.4 Å². The Hall–Kier alpha value is -2.86. The minimum absolute atomic E-state index is 0.0289. The molecular formula is C23H29FN4O5S. The van der Waals surface area contributed by atoms with Crippen LogP contribution in [0.2, 0.25) is 0 Å². The zero-order valence-electron chi connectivity index (χ0n) is 19.1. The van der Waals surface area contributed by atoms with Gasteiger partial charge in [0, 0.05) is 32.2 Å². The highest BCUT2D eigenvalue weighted by Gasteiger charge is 2.26. The number of sulfonamides is 1. The molecule has 9 nitrogen and oxygen atoms in total. The number of hydrogen-bond acceptors (Lipinski definition) is 6. The number of halogens is 1. The number of carbonyl (C=O) groups is 2. The van der Waals surface area contributed by atoms with Gasteiger partial charge in [0.25, 0.3) is 0 Å². The molecule has 1 fully saturated rings. The lowest BCUT2D eigenvalue weighted by Gasteiger charge is -2.35. The summed E-state index contributed by atoms with van der Waals surface area (Å²) in [5, 5.41) is 5.37. The van der Waals surface area contributed by atoms with Crippen LogP contribution in [0, 0.1) is 5.82 Å². The predicted octanol–water partition coefficient (Wildman–Crippen LogP) is 1.64. The van der Waals surface area contributed by atoms with E-state index < -0.39 is 22.0 Å². The summed E-state index contributed by atoms with van der Waals surface area (Å²) in [4.78, 5) is 25.9. The topological polar surface area (TPSA) is 117 Å². The molecule has 1 aliphatic rings. The van der Waals surface area contributed by atoms with Crippen LogP contribution >= 0.6 is 0 Å². The van der Waals surface area contributed by atoms with Crippen LogP contribution in [-0.2, 0) is 24.3 Å². The van der Waals surface area contributed by atoms with Gasteiger partial charge in [0.2, 0.25) is 21.8 Å². The lowest BCUT2D eigenvalue weighted by molar-refractivity contribution is -0.122. The summed E-state index contributed by atoms with van der Waals surface area (Å²) in [6.45, 7) is 5.47. The van der Waals surface area contributed by atoms with Gasteiger partial charge in [0.05, 0.1) is 30.2 Å². The van der Waals surface area contributed by atoms with Gasteiger partial charge in [-0.15, -0.1) is 0 Å². The summed E-state index contributed by atoms with van der Waals surface area (Å²) in [6.07, 6.45) is 0. The standard InChI is InChI=1S/C23H29FN4O5S/c1-16(27-34(31,32)21-9-7-20(8-10-21)26-17(2)29)23(30)25-15-22(28-11-13-33-14-12-28)18-3-5-19(24)6-4-18/h3-10,16,22,27H,11-15H2,1-2H3,(H,25,30)(H,26,29)/t16-,22?/m0/s1. The average Bonchev–Trinajstić information content (AvgIpc) is 2.80. The maximum absolute atomic E-state index is 13.4. The van der Waals surface area contributed by atoms with Crippen molar-refractivity contribution in [2.75, 3.05) is 38.2 Å². The van der Waals surface area contributed by atoms with Crippen molar-refractivity contribution in [2.45, 2.75) is 30.8 Å². The van der Waals surface area contributed by atoms with E-state index in [1.54, 1.807) is 12.1 Å². The zero-order chi connectivity index (χ0) is 24.7. The van der Waals surface area contributed by atoms with E-state index in [1.807, 2.05) is 0 Å². The van der Waals surface area contributed by atoms with E-state index in [-0.39, 0.29) is 29.2 Å². The first-order chi connectivity index (χ1) is 16.2. The third kappa shape index (κ3) is 7.07. The Bertz CT molecular complexity index is 1090. The predicted molar refractivity (Wildman–Crippen MR) is 125 cm³/mol. The maximum atomic E-state index is 13.4. The summed E-state index contributed by atoms with van der Waals surface area (Å²) in [5.41, 5.74) is 1.31. The third-order valence-corrected chi connectivity index (χ3v) is 6.98. The Morgan fingerprint density at radius 2 is 1.68 bits per heavy atom. The molecule has 2 atom stereocenters. The van der Waals surface area contributed by atoms with Gasteiger partial charge in [0.15, 0.2) is 0 Å². The van der Waals surface area contributed by atoms with Gasteiger partial charge >= 0.3 is 0 Å². The highest BCUT2D eigenvalue weighted by Crippen LogP contribution is 2.22. The van der Waals surface area contributed by atoms with Crippen LogP contribution in [0.3, 0.4) is 0 Å². The number of nitrogens with one attached hydrogen (secondary N) is 3. The fraction of sp³-hybridized carbons (Fsp3) is 0.391. The fourth-order valence-corrected chi connectivity index (χ4v) is 4.86. The molecule has 1 saturated heterocycles. The van der Waals surface area contributed by atoms with Crippen molar-refractivity contribution in [3.63, 3.8) is 0 Å². The third-order valence-electron chi connectivity index (χ3n) is 5.42. The van der Waals surface area contributed by atoms with E-state index in [1.165, 1.54) is 50.2 Å². The number of nitrogens with zero attached hydrogens (tertiary/aromatic N) is 1. The van der Waals surface area contributed by atoms with Crippen LogP contribution in [0.15, 0.2) is 53.4 Å². The second-order valence-corrected chi connectivity index (χ2v) is 9.72. The largest absolute Gasteiger partial charge is 0.379 e. The van der Waals surface area contributed by atoms with Gasteiger partial charge in [-0.2, -0.15) is 4.72 Å². The molecule has 34 heavy (non-hydrogen) atoms. The van der Waals surface area contributed by atoms with Crippen LogP contribution < -0.4 is 15.4 Å². The van der Waals surface area contributed by atoms with Crippen LogP contribution in [0.5, 0.6) is 0 Å². The second-order valence-electron chi connectivity index (χ2n) is 8.01. The van der Waals surface area contributed by atoms with Gasteiger partial charge in [-0.1, -0.05) is 12.1 Å². The van der Waals surface area contributed by atoms with Crippen LogP contribution in [0.25, 0.3) is 0 Å². The van der Waals surface area contributed by atoms with Gasteiger partial charge in [-0.25, -0.2) is 12.8 Å². The van der Waals surface area contributed by atoms with Gasteiger partial charge in [-0.05, 0) is 48.9 Å². The molecule has 2 aromatic carbocycles. The molecule has 2 amide bonds. The van der Waals surface area contributed by atoms with E-state index in [2.05, 4.69) is 20.3 Å². The second kappa shape index (κ2) is 11.5. The van der Waals surface area contributed by atoms with E-state index in [0.29, 0.717) is 32.0 Å². The number of morpholine rings is 1. The molecule has 0 aromatic heterocycles. The van der Waals surface area contributed by atoms with Crippen molar-refractivity contribution in [3.8, 4) is 0 Å². The van der Waals surface area contributed by atoms with Crippen molar-refractivity contribution in [1.29, 1.82) is 0 Å². The van der Waals surface area contributed by atoms with Crippen LogP contribution in [0.1, 0.15) is 25.5 Å². The first-order valence-corrected chi connectivity index (χ1v) is 12.4. The monoisotopic (exact) mass is 492 g/mol. The Labute approximate surface area is 198 Å².